The summed E-state index contributed by atoms with van der Waals surface area (Å²) >= 11 is 3.44. The van der Waals surface area contributed by atoms with E-state index in [1.54, 1.807) is 19.9 Å². The van der Waals surface area contributed by atoms with E-state index in [1.165, 1.54) is 0 Å². The molecule has 1 aliphatic rings. The maximum atomic E-state index is 12.6. The van der Waals surface area contributed by atoms with Crippen LogP contribution in [0.5, 0.6) is 5.75 Å². The van der Waals surface area contributed by atoms with Gasteiger partial charge in [-0.15, -0.1) is 0 Å². The molecule has 0 saturated carbocycles. The molecule has 1 aliphatic heterocycles. The summed E-state index contributed by atoms with van der Waals surface area (Å²) in [5, 5.41) is 9.65. The summed E-state index contributed by atoms with van der Waals surface area (Å²) < 4.78 is 17.2. The Bertz CT molecular complexity index is 808. The number of halogens is 1. The minimum Gasteiger partial charge on any atom is -0.493 e. The first-order valence-corrected chi connectivity index (χ1v) is 9.11. The number of carbonyl (C=O) groups excluding carboxylic acids is 1. The number of hydrogen-bond donors (Lipinski definition) is 1. The van der Waals surface area contributed by atoms with E-state index in [1.807, 2.05) is 19.1 Å². The third-order valence-corrected chi connectivity index (χ3v) is 4.34. The quantitative estimate of drug-likeness (QED) is 0.701. The van der Waals surface area contributed by atoms with Crippen LogP contribution in [0.15, 0.2) is 45.5 Å². The second kappa shape index (κ2) is 8.77. The Morgan fingerprint density at radius 2 is 2.15 bits per heavy atom. The summed E-state index contributed by atoms with van der Waals surface area (Å²) in [5.41, 5.74) is 6.98. The number of nitriles is 1. The number of ether oxygens (including phenoxy) is 3. The van der Waals surface area contributed by atoms with Gasteiger partial charge in [-0.3, -0.25) is 0 Å². The zero-order valence-corrected chi connectivity index (χ0v) is 16.6. The number of benzene rings is 1. The predicted octanol–water partition coefficient (Wildman–Crippen LogP) is 3.88. The lowest BCUT2D eigenvalue weighted by molar-refractivity contribution is -0.139. The van der Waals surface area contributed by atoms with Gasteiger partial charge in [0.1, 0.15) is 23.2 Å². The number of nitrogens with two attached hydrogens (primary N) is 1. The highest BCUT2D eigenvalue weighted by atomic mass is 79.9. The molecule has 0 spiro atoms. The van der Waals surface area contributed by atoms with Crippen LogP contribution in [0.3, 0.4) is 0 Å². The van der Waals surface area contributed by atoms with Crippen LogP contribution >= 0.6 is 15.9 Å². The van der Waals surface area contributed by atoms with E-state index in [-0.39, 0.29) is 23.6 Å². The zero-order valence-electron chi connectivity index (χ0n) is 15.0. The number of nitrogens with zero attached hydrogens (tertiary/aromatic N) is 1. The van der Waals surface area contributed by atoms with Crippen LogP contribution in [-0.4, -0.2) is 19.2 Å². The Morgan fingerprint density at radius 3 is 2.77 bits per heavy atom. The van der Waals surface area contributed by atoms with Gasteiger partial charge in [-0.2, -0.15) is 5.26 Å². The molecule has 0 aromatic heterocycles. The summed E-state index contributed by atoms with van der Waals surface area (Å²) in [5.74, 6) is -0.401. The van der Waals surface area contributed by atoms with Crippen molar-refractivity contribution in [3.8, 4) is 11.8 Å². The number of rotatable bonds is 6. The van der Waals surface area contributed by atoms with E-state index >= 15 is 0 Å². The molecule has 2 N–H and O–H groups in total. The van der Waals surface area contributed by atoms with Crippen LogP contribution in [0.2, 0.25) is 0 Å². The minimum atomic E-state index is -0.725. The molecule has 2 rings (SSSR count). The minimum absolute atomic E-state index is 0.0236. The van der Waals surface area contributed by atoms with E-state index in [0.717, 1.165) is 10.9 Å². The number of esters is 1. The van der Waals surface area contributed by atoms with Gasteiger partial charge in [-0.25, -0.2) is 4.79 Å². The van der Waals surface area contributed by atoms with E-state index < -0.39 is 11.9 Å². The Kier molecular flexibility index (Phi) is 6.70. The van der Waals surface area contributed by atoms with Crippen molar-refractivity contribution >= 4 is 21.9 Å². The first kappa shape index (κ1) is 19.9. The first-order valence-electron chi connectivity index (χ1n) is 8.32. The molecule has 0 fully saturated rings. The lowest BCUT2D eigenvalue weighted by atomic mass is 9.82. The lowest BCUT2D eigenvalue weighted by Crippen LogP contribution is -2.26. The van der Waals surface area contributed by atoms with Crippen molar-refractivity contribution in [3.63, 3.8) is 0 Å². The van der Waals surface area contributed by atoms with Gasteiger partial charge in [-0.05, 0) is 38.5 Å². The highest BCUT2D eigenvalue weighted by Gasteiger charge is 2.38. The Morgan fingerprint density at radius 1 is 1.42 bits per heavy atom. The molecule has 1 heterocycles. The third kappa shape index (κ3) is 4.02. The van der Waals surface area contributed by atoms with Crippen molar-refractivity contribution in [1.29, 1.82) is 5.26 Å². The number of hydrogen-bond acceptors (Lipinski definition) is 6. The van der Waals surface area contributed by atoms with E-state index in [4.69, 9.17) is 19.9 Å². The van der Waals surface area contributed by atoms with Crippen molar-refractivity contribution in [1.82, 2.24) is 0 Å². The number of carbonyl (C=O) groups is 1. The standard InChI is InChI=1S/C19H21BrN2O4/c1-4-8-25-15-7-6-12(20)9-13(15)17-14(10-21)18(22)26-11(3)16(17)19(23)24-5-2/h6-7,9,17H,4-5,8,22H2,1-3H3. The Labute approximate surface area is 161 Å². The molecule has 26 heavy (non-hydrogen) atoms. The second-order valence-electron chi connectivity index (χ2n) is 5.65. The largest absolute Gasteiger partial charge is 0.493 e. The van der Waals surface area contributed by atoms with Gasteiger partial charge < -0.3 is 19.9 Å². The van der Waals surface area contributed by atoms with Crippen LogP contribution in [0.25, 0.3) is 0 Å². The molecule has 0 aliphatic carbocycles. The second-order valence-corrected chi connectivity index (χ2v) is 6.56. The molecule has 1 atom stereocenters. The topological polar surface area (TPSA) is 94.6 Å². The van der Waals surface area contributed by atoms with Gasteiger partial charge in [-0.1, -0.05) is 22.9 Å². The molecule has 0 radical (unpaired) electrons. The summed E-state index contributed by atoms with van der Waals surface area (Å²) in [7, 11) is 0. The van der Waals surface area contributed by atoms with E-state index in [2.05, 4.69) is 22.0 Å². The predicted molar refractivity (Wildman–Crippen MR) is 99.9 cm³/mol. The molecule has 0 amide bonds. The molecule has 7 heteroatoms. The van der Waals surface area contributed by atoms with Crippen molar-refractivity contribution in [2.24, 2.45) is 5.73 Å². The summed E-state index contributed by atoms with van der Waals surface area (Å²) in [4.78, 5) is 12.6. The van der Waals surface area contributed by atoms with E-state index in [0.29, 0.717) is 23.7 Å². The van der Waals surface area contributed by atoms with Crippen LogP contribution in [0.1, 0.15) is 38.7 Å². The SMILES string of the molecule is CCCOc1ccc(Br)cc1C1C(C#N)=C(N)OC(C)=C1C(=O)OCC. The molecular formula is C19H21BrN2O4. The Balaban J connectivity index is 2.67. The smallest absolute Gasteiger partial charge is 0.338 e. The fraction of sp³-hybridized carbons (Fsp3) is 0.368. The normalized spacial score (nSPS) is 16.8. The summed E-state index contributed by atoms with van der Waals surface area (Å²) in [6, 6.07) is 7.53. The maximum absolute atomic E-state index is 12.6. The van der Waals surface area contributed by atoms with Crippen molar-refractivity contribution < 1.29 is 19.0 Å². The fourth-order valence-corrected chi connectivity index (χ4v) is 3.13. The van der Waals surface area contributed by atoms with Gasteiger partial charge in [0.2, 0.25) is 5.88 Å². The Hall–Kier alpha value is -2.46. The molecule has 6 nitrogen and oxygen atoms in total. The average molecular weight is 421 g/mol. The van der Waals surface area contributed by atoms with Gasteiger partial charge in [0.05, 0.1) is 24.7 Å². The highest BCUT2D eigenvalue weighted by molar-refractivity contribution is 9.10. The van der Waals surface area contributed by atoms with Gasteiger partial charge in [0.15, 0.2) is 0 Å². The molecular weight excluding hydrogens is 400 g/mol. The van der Waals surface area contributed by atoms with Crippen molar-refractivity contribution in [2.45, 2.75) is 33.1 Å². The van der Waals surface area contributed by atoms with Crippen LogP contribution in [-0.2, 0) is 14.3 Å². The monoisotopic (exact) mass is 420 g/mol. The molecule has 1 aromatic rings. The van der Waals surface area contributed by atoms with Gasteiger partial charge in [0, 0.05) is 10.0 Å². The molecule has 0 saturated heterocycles. The zero-order chi connectivity index (χ0) is 19.3. The first-order chi connectivity index (χ1) is 12.4. The van der Waals surface area contributed by atoms with E-state index in [9.17, 15) is 10.1 Å². The third-order valence-electron chi connectivity index (χ3n) is 3.85. The summed E-state index contributed by atoms with van der Waals surface area (Å²) in [6.07, 6.45) is 0.825. The van der Waals surface area contributed by atoms with Crippen LogP contribution in [0.4, 0.5) is 0 Å². The summed E-state index contributed by atoms with van der Waals surface area (Å²) in [6.45, 7) is 6.07. The molecule has 138 valence electrons. The molecule has 0 bridgehead atoms. The van der Waals surface area contributed by atoms with Crippen LogP contribution < -0.4 is 10.5 Å². The number of allylic oxidation sites excluding steroid dienone is 2. The van der Waals surface area contributed by atoms with Gasteiger partial charge >= 0.3 is 5.97 Å². The fourth-order valence-electron chi connectivity index (χ4n) is 2.75. The molecule has 1 aromatic carbocycles. The average Bonchev–Trinajstić information content (AvgIpc) is 2.60. The lowest BCUT2D eigenvalue weighted by Gasteiger charge is -2.28. The molecule has 1 unspecified atom stereocenters. The maximum Gasteiger partial charge on any atom is 0.338 e. The highest BCUT2D eigenvalue weighted by Crippen LogP contribution is 2.43. The van der Waals surface area contributed by atoms with Crippen molar-refractivity contribution in [2.75, 3.05) is 13.2 Å². The van der Waals surface area contributed by atoms with Crippen LogP contribution in [0, 0.1) is 11.3 Å². The van der Waals surface area contributed by atoms with Gasteiger partial charge in [0.25, 0.3) is 0 Å². The van der Waals surface area contributed by atoms with Crippen molar-refractivity contribution in [3.05, 3.63) is 51.0 Å².